The number of thiazole rings is 1. The largest absolute Gasteiger partial charge is 0.349 e. The maximum absolute atomic E-state index is 12.6. The van der Waals surface area contributed by atoms with Gasteiger partial charge in [0.25, 0.3) is 0 Å². The molecule has 0 saturated heterocycles. The predicted octanol–water partition coefficient (Wildman–Crippen LogP) is 4.91. The first-order valence-electron chi connectivity index (χ1n) is 8.94. The van der Waals surface area contributed by atoms with E-state index in [0.717, 1.165) is 22.7 Å². The van der Waals surface area contributed by atoms with Gasteiger partial charge in [-0.3, -0.25) is 4.79 Å². The minimum Gasteiger partial charge on any atom is -0.349 e. The molecule has 0 aliphatic heterocycles. The van der Waals surface area contributed by atoms with E-state index in [1.54, 1.807) is 11.3 Å². The number of benzene rings is 2. The summed E-state index contributed by atoms with van der Waals surface area (Å²) in [7, 11) is 0. The summed E-state index contributed by atoms with van der Waals surface area (Å²) in [5, 5.41) is 6.26. The topological polar surface area (TPSA) is 42.0 Å². The van der Waals surface area contributed by atoms with E-state index in [1.165, 1.54) is 5.56 Å². The molecule has 1 heterocycles. The van der Waals surface area contributed by atoms with Crippen molar-refractivity contribution in [3.8, 4) is 0 Å². The SMILES string of the molecule is CC(C)c1nc(CC(=O)N[C@@H](Cc2ccccc2)c2ccccc2)cs1. The molecule has 4 heteroatoms. The Morgan fingerprint density at radius 2 is 1.69 bits per heavy atom. The normalized spacial score (nSPS) is 12.1. The highest BCUT2D eigenvalue weighted by molar-refractivity contribution is 7.09. The van der Waals surface area contributed by atoms with Gasteiger partial charge in [-0.2, -0.15) is 0 Å². The van der Waals surface area contributed by atoms with Gasteiger partial charge in [0.15, 0.2) is 0 Å². The molecule has 1 amide bonds. The average molecular weight is 365 g/mol. The molecule has 134 valence electrons. The average Bonchev–Trinajstić information content (AvgIpc) is 3.11. The van der Waals surface area contributed by atoms with Crippen LogP contribution >= 0.6 is 11.3 Å². The predicted molar refractivity (Wildman–Crippen MR) is 107 cm³/mol. The third-order valence-electron chi connectivity index (χ3n) is 4.22. The summed E-state index contributed by atoms with van der Waals surface area (Å²) in [5.41, 5.74) is 3.17. The fourth-order valence-corrected chi connectivity index (χ4v) is 3.70. The second-order valence-corrected chi connectivity index (χ2v) is 7.62. The van der Waals surface area contributed by atoms with Crippen LogP contribution in [0.4, 0.5) is 0 Å². The molecular formula is C22H24N2OS. The molecule has 0 spiro atoms. The standard InChI is InChI=1S/C22H24N2OS/c1-16(2)22-23-19(15-26-22)14-21(25)24-20(18-11-7-4-8-12-18)13-17-9-5-3-6-10-17/h3-12,15-16,20H,13-14H2,1-2H3,(H,24,25)/t20-/m0/s1. The van der Waals surface area contributed by atoms with Crippen LogP contribution in [-0.2, 0) is 17.6 Å². The number of nitrogens with one attached hydrogen (secondary N) is 1. The molecule has 3 rings (SSSR count). The van der Waals surface area contributed by atoms with Gasteiger partial charge in [0.1, 0.15) is 0 Å². The van der Waals surface area contributed by atoms with Gasteiger partial charge in [-0.25, -0.2) is 4.98 Å². The Balaban J connectivity index is 1.71. The van der Waals surface area contributed by atoms with Crippen LogP contribution in [0.2, 0.25) is 0 Å². The van der Waals surface area contributed by atoms with Crippen LogP contribution in [0.15, 0.2) is 66.0 Å². The van der Waals surface area contributed by atoms with Gasteiger partial charge in [0.05, 0.1) is 23.2 Å². The highest BCUT2D eigenvalue weighted by atomic mass is 32.1. The van der Waals surface area contributed by atoms with E-state index < -0.39 is 0 Å². The minimum absolute atomic E-state index is 0.00962. The van der Waals surface area contributed by atoms with Crippen LogP contribution < -0.4 is 5.32 Å². The molecule has 26 heavy (non-hydrogen) atoms. The molecular weight excluding hydrogens is 340 g/mol. The summed E-state index contributed by atoms with van der Waals surface area (Å²) in [6.45, 7) is 4.24. The van der Waals surface area contributed by atoms with E-state index in [9.17, 15) is 4.79 Å². The van der Waals surface area contributed by atoms with E-state index in [4.69, 9.17) is 0 Å². The maximum atomic E-state index is 12.6. The van der Waals surface area contributed by atoms with Crippen LogP contribution in [0.3, 0.4) is 0 Å². The maximum Gasteiger partial charge on any atom is 0.226 e. The Bertz CT molecular complexity index is 828. The van der Waals surface area contributed by atoms with Crippen LogP contribution in [0.1, 0.15) is 47.6 Å². The molecule has 0 aliphatic rings. The van der Waals surface area contributed by atoms with Crippen molar-refractivity contribution in [2.24, 2.45) is 0 Å². The molecule has 0 unspecified atom stereocenters. The van der Waals surface area contributed by atoms with Gasteiger partial charge in [-0.15, -0.1) is 11.3 Å². The first-order valence-corrected chi connectivity index (χ1v) is 9.82. The lowest BCUT2D eigenvalue weighted by molar-refractivity contribution is -0.121. The van der Waals surface area contributed by atoms with Crippen LogP contribution in [0, 0.1) is 0 Å². The fourth-order valence-electron chi connectivity index (χ4n) is 2.87. The summed E-state index contributed by atoms with van der Waals surface area (Å²) in [4.78, 5) is 17.2. The van der Waals surface area contributed by atoms with Gasteiger partial charge in [0.2, 0.25) is 5.91 Å². The van der Waals surface area contributed by atoms with Crippen molar-refractivity contribution in [2.45, 2.75) is 38.6 Å². The summed E-state index contributed by atoms with van der Waals surface area (Å²) >= 11 is 1.63. The van der Waals surface area contributed by atoms with Gasteiger partial charge in [-0.05, 0) is 17.5 Å². The number of carbonyl (C=O) groups is 1. The number of amides is 1. The second-order valence-electron chi connectivity index (χ2n) is 6.73. The number of aromatic nitrogens is 1. The number of rotatable bonds is 7. The lowest BCUT2D eigenvalue weighted by Crippen LogP contribution is -2.31. The third-order valence-corrected chi connectivity index (χ3v) is 5.42. The smallest absolute Gasteiger partial charge is 0.226 e. The molecule has 0 bridgehead atoms. The van der Waals surface area contributed by atoms with E-state index >= 15 is 0 Å². The second kappa shape index (κ2) is 8.77. The fraction of sp³-hybridized carbons (Fsp3) is 0.273. The Labute approximate surface area is 159 Å². The van der Waals surface area contributed by atoms with Gasteiger partial charge in [-0.1, -0.05) is 74.5 Å². The van der Waals surface area contributed by atoms with Crippen LogP contribution in [0.5, 0.6) is 0 Å². The Kier molecular flexibility index (Phi) is 6.18. The van der Waals surface area contributed by atoms with Crippen molar-refractivity contribution in [1.82, 2.24) is 10.3 Å². The van der Waals surface area contributed by atoms with Gasteiger partial charge >= 0.3 is 0 Å². The van der Waals surface area contributed by atoms with Crippen molar-refractivity contribution < 1.29 is 4.79 Å². The van der Waals surface area contributed by atoms with Crippen molar-refractivity contribution >= 4 is 17.2 Å². The first kappa shape index (κ1) is 18.3. The molecule has 0 radical (unpaired) electrons. The molecule has 2 aromatic carbocycles. The van der Waals surface area contributed by atoms with Gasteiger partial charge in [0, 0.05) is 11.3 Å². The Morgan fingerprint density at radius 3 is 2.31 bits per heavy atom. The van der Waals surface area contributed by atoms with E-state index in [0.29, 0.717) is 12.3 Å². The van der Waals surface area contributed by atoms with Crippen molar-refractivity contribution in [2.75, 3.05) is 0 Å². The molecule has 1 aromatic heterocycles. The lowest BCUT2D eigenvalue weighted by Gasteiger charge is -2.19. The first-order chi connectivity index (χ1) is 12.6. The van der Waals surface area contributed by atoms with Crippen molar-refractivity contribution in [1.29, 1.82) is 0 Å². The monoisotopic (exact) mass is 364 g/mol. The lowest BCUT2D eigenvalue weighted by atomic mass is 9.98. The molecule has 1 N–H and O–H groups in total. The molecule has 3 aromatic rings. The van der Waals surface area contributed by atoms with E-state index in [-0.39, 0.29) is 11.9 Å². The van der Waals surface area contributed by atoms with Crippen LogP contribution in [0.25, 0.3) is 0 Å². The summed E-state index contributed by atoms with van der Waals surface area (Å²) in [6.07, 6.45) is 1.09. The summed E-state index contributed by atoms with van der Waals surface area (Å²) in [5.74, 6) is 0.405. The third kappa shape index (κ3) is 5.02. The van der Waals surface area contributed by atoms with Crippen molar-refractivity contribution in [3.05, 3.63) is 87.9 Å². The van der Waals surface area contributed by atoms with Crippen molar-refractivity contribution in [3.63, 3.8) is 0 Å². The number of hydrogen-bond donors (Lipinski definition) is 1. The molecule has 0 aliphatic carbocycles. The number of nitrogens with zero attached hydrogens (tertiary/aromatic N) is 1. The van der Waals surface area contributed by atoms with Gasteiger partial charge < -0.3 is 5.32 Å². The Morgan fingerprint density at radius 1 is 1.04 bits per heavy atom. The molecule has 0 fully saturated rings. The quantitative estimate of drug-likeness (QED) is 0.647. The van der Waals surface area contributed by atoms with E-state index in [2.05, 4.69) is 48.4 Å². The van der Waals surface area contributed by atoms with E-state index in [1.807, 2.05) is 41.8 Å². The zero-order valence-electron chi connectivity index (χ0n) is 15.2. The summed E-state index contributed by atoms with van der Waals surface area (Å²) < 4.78 is 0. The molecule has 3 nitrogen and oxygen atoms in total. The van der Waals surface area contributed by atoms with Crippen LogP contribution in [-0.4, -0.2) is 10.9 Å². The summed E-state index contributed by atoms with van der Waals surface area (Å²) in [6, 6.07) is 20.3. The number of carbonyl (C=O) groups excluding carboxylic acids is 1. The Hall–Kier alpha value is -2.46. The molecule has 0 saturated carbocycles. The number of hydrogen-bond acceptors (Lipinski definition) is 3. The highest BCUT2D eigenvalue weighted by Crippen LogP contribution is 2.21. The molecule has 1 atom stereocenters. The zero-order chi connectivity index (χ0) is 18.4. The highest BCUT2D eigenvalue weighted by Gasteiger charge is 2.17. The zero-order valence-corrected chi connectivity index (χ0v) is 16.0. The minimum atomic E-state index is -0.0469.